The van der Waals surface area contributed by atoms with Crippen LogP contribution in [0.15, 0.2) is 0 Å². The molecule has 2 aliphatic heterocycles. The van der Waals surface area contributed by atoms with Crippen molar-refractivity contribution in [3.8, 4) is 6.07 Å². The molecule has 1 N–H and O–H groups in total. The topological polar surface area (TPSA) is 73.2 Å². The van der Waals surface area contributed by atoms with Gasteiger partial charge in [0.25, 0.3) is 0 Å². The minimum Gasteiger partial charge on any atom is -0.315 e. The predicted octanol–water partition coefficient (Wildman–Crippen LogP) is -0.478. The molecule has 1 unspecified atom stereocenters. The number of sulfonamides is 1. The van der Waals surface area contributed by atoms with Gasteiger partial charge in [-0.25, -0.2) is 8.42 Å². The summed E-state index contributed by atoms with van der Waals surface area (Å²) in [4.78, 5) is 0. The van der Waals surface area contributed by atoms with Crippen molar-refractivity contribution < 1.29 is 8.42 Å². The van der Waals surface area contributed by atoms with E-state index in [0.717, 1.165) is 19.5 Å². The Morgan fingerprint density at radius 3 is 2.93 bits per heavy atom. The van der Waals surface area contributed by atoms with Crippen molar-refractivity contribution in [3.05, 3.63) is 0 Å². The summed E-state index contributed by atoms with van der Waals surface area (Å²) in [7, 11) is -3.41. The van der Waals surface area contributed by atoms with Crippen molar-refractivity contribution in [2.45, 2.75) is 24.6 Å². The minimum absolute atomic E-state index is 0.0748. The van der Waals surface area contributed by atoms with Crippen LogP contribution in [0.25, 0.3) is 0 Å². The van der Waals surface area contributed by atoms with Gasteiger partial charge in [-0.05, 0) is 25.8 Å². The summed E-state index contributed by atoms with van der Waals surface area (Å²) in [5.74, 6) is 0.436. The fourth-order valence-corrected chi connectivity index (χ4v) is 3.92. The van der Waals surface area contributed by atoms with Gasteiger partial charge in [-0.3, -0.25) is 0 Å². The van der Waals surface area contributed by atoms with Gasteiger partial charge in [0.15, 0.2) is 5.25 Å². The zero-order chi connectivity index (χ0) is 11.1. The van der Waals surface area contributed by atoms with E-state index in [1.807, 2.05) is 6.07 Å². The van der Waals surface area contributed by atoms with E-state index in [9.17, 15) is 8.42 Å². The molecule has 2 fully saturated rings. The number of nitriles is 1. The molecule has 0 saturated carbocycles. The molecule has 0 amide bonds. The predicted molar refractivity (Wildman–Crippen MR) is 55.5 cm³/mol. The summed E-state index contributed by atoms with van der Waals surface area (Å²) in [6.45, 7) is 3.65. The van der Waals surface area contributed by atoms with E-state index in [-0.39, 0.29) is 6.04 Å². The Morgan fingerprint density at radius 1 is 1.53 bits per heavy atom. The average Bonchev–Trinajstić information content (AvgIpc) is 2.76. The molecule has 3 atom stereocenters. The third-order valence-corrected chi connectivity index (χ3v) is 5.46. The zero-order valence-corrected chi connectivity index (χ0v) is 9.50. The van der Waals surface area contributed by atoms with Crippen LogP contribution in [0.4, 0.5) is 0 Å². The quantitative estimate of drug-likeness (QED) is 0.694. The number of nitrogens with one attached hydrogen (secondary N) is 1. The Labute approximate surface area is 90.1 Å². The fourth-order valence-electron chi connectivity index (χ4n) is 2.40. The molecule has 15 heavy (non-hydrogen) atoms. The molecule has 0 aromatic carbocycles. The summed E-state index contributed by atoms with van der Waals surface area (Å²) in [5, 5.41) is 11.0. The van der Waals surface area contributed by atoms with Crippen molar-refractivity contribution in [2.24, 2.45) is 5.92 Å². The molecule has 2 rings (SSSR count). The van der Waals surface area contributed by atoms with Gasteiger partial charge in [-0.2, -0.15) is 9.57 Å². The van der Waals surface area contributed by atoms with Crippen LogP contribution < -0.4 is 5.32 Å². The van der Waals surface area contributed by atoms with Crippen LogP contribution in [0, 0.1) is 17.2 Å². The lowest BCUT2D eigenvalue weighted by molar-refractivity contribution is 0.381. The first-order valence-electron chi connectivity index (χ1n) is 5.18. The SMILES string of the molecule is CC(C#N)S(=O)(=O)N1CC[C@H]2CNC[C@H]21. The Balaban J connectivity index is 2.22. The van der Waals surface area contributed by atoms with E-state index in [0.29, 0.717) is 12.5 Å². The van der Waals surface area contributed by atoms with Crippen LogP contribution in [0.2, 0.25) is 0 Å². The Morgan fingerprint density at radius 2 is 2.27 bits per heavy atom. The Bertz CT molecular complexity index is 387. The molecule has 84 valence electrons. The molecule has 2 aliphatic rings. The first-order valence-corrected chi connectivity index (χ1v) is 6.68. The zero-order valence-electron chi connectivity index (χ0n) is 8.68. The van der Waals surface area contributed by atoms with E-state index in [1.165, 1.54) is 11.2 Å². The van der Waals surface area contributed by atoms with E-state index < -0.39 is 15.3 Å². The van der Waals surface area contributed by atoms with Crippen molar-refractivity contribution in [1.82, 2.24) is 9.62 Å². The Hall–Kier alpha value is -0.640. The second kappa shape index (κ2) is 3.74. The highest BCUT2D eigenvalue weighted by atomic mass is 32.2. The molecule has 5 nitrogen and oxygen atoms in total. The van der Waals surface area contributed by atoms with Gasteiger partial charge >= 0.3 is 0 Å². The molecule has 0 aromatic rings. The van der Waals surface area contributed by atoms with E-state index in [1.54, 1.807) is 0 Å². The van der Waals surface area contributed by atoms with Gasteiger partial charge in [0.1, 0.15) is 0 Å². The molecule has 2 heterocycles. The molecule has 0 bridgehead atoms. The summed E-state index contributed by atoms with van der Waals surface area (Å²) in [6.07, 6.45) is 0.912. The highest BCUT2D eigenvalue weighted by Gasteiger charge is 2.44. The fraction of sp³-hybridized carbons (Fsp3) is 0.889. The van der Waals surface area contributed by atoms with E-state index in [4.69, 9.17) is 5.26 Å². The first kappa shape index (κ1) is 10.9. The van der Waals surface area contributed by atoms with Gasteiger partial charge in [-0.1, -0.05) is 0 Å². The maximum atomic E-state index is 12.0. The number of rotatable bonds is 2. The Kier molecular flexibility index (Phi) is 2.71. The second-order valence-corrected chi connectivity index (χ2v) is 6.41. The molecule has 0 aromatic heterocycles. The summed E-state index contributed by atoms with van der Waals surface area (Å²) in [5.41, 5.74) is 0. The van der Waals surface area contributed by atoms with Crippen LogP contribution in [-0.2, 0) is 10.0 Å². The third-order valence-electron chi connectivity index (χ3n) is 3.35. The number of hydrogen-bond donors (Lipinski definition) is 1. The summed E-state index contributed by atoms with van der Waals surface area (Å²) in [6, 6.07) is 1.89. The van der Waals surface area contributed by atoms with Crippen molar-refractivity contribution in [2.75, 3.05) is 19.6 Å². The lowest BCUT2D eigenvalue weighted by atomic mass is 10.1. The first-order chi connectivity index (χ1) is 7.07. The number of fused-ring (bicyclic) bond motifs is 1. The van der Waals surface area contributed by atoms with E-state index >= 15 is 0 Å². The highest BCUT2D eigenvalue weighted by Crippen LogP contribution is 2.30. The van der Waals surface area contributed by atoms with E-state index in [2.05, 4.69) is 5.32 Å². The molecular formula is C9H15N3O2S. The molecule has 2 saturated heterocycles. The van der Waals surface area contributed by atoms with Crippen LogP contribution in [0.5, 0.6) is 0 Å². The second-order valence-electron chi connectivity index (χ2n) is 4.20. The van der Waals surface area contributed by atoms with Crippen LogP contribution in [-0.4, -0.2) is 43.6 Å². The van der Waals surface area contributed by atoms with Crippen molar-refractivity contribution in [1.29, 1.82) is 5.26 Å². The monoisotopic (exact) mass is 229 g/mol. The van der Waals surface area contributed by atoms with Gasteiger partial charge in [0.2, 0.25) is 10.0 Å². The standard InChI is InChI=1S/C9H15N3O2S/c1-7(4-10)15(13,14)12-3-2-8-5-11-6-9(8)12/h7-9,11H,2-3,5-6H2,1H3/t7?,8-,9+/m0/s1. The van der Waals surface area contributed by atoms with Gasteiger partial charge < -0.3 is 5.32 Å². The molecule has 0 radical (unpaired) electrons. The molecule has 6 heteroatoms. The summed E-state index contributed by atoms with van der Waals surface area (Å²) >= 11 is 0. The van der Waals surface area contributed by atoms with Crippen molar-refractivity contribution >= 4 is 10.0 Å². The van der Waals surface area contributed by atoms with Gasteiger partial charge in [0.05, 0.1) is 6.07 Å². The largest absolute Gasteiger partial charge is 0.315 e. The highest BCUT2D eigenvalue weighted by molar-refractivity contribution is 7.90. The van der Waals surface area contributed by atoms with Crippen LogP contribution >= 0.6 is 0 Å². The normalized spacial score (nSPS) is 33.6. The van der Waals surface area contributed by atoms with Crippen LogP contribution in [0.1, 0.15) is 13.3 Å². The number of hydrogen-bond acceptors (Lipinski definition) is 4. The summed E-state index contributed by atoms with van der Waals surface area (Å²) < 4.78 is 25.5. The average molecular weight is 229 g/mol. The maximum absolute atomic E-state index is 12.0. The molecule has 0 spiro atoms. The maximum Gasteiger partial charge on any atom is 0.230 e. The molecule has 0 aliphatic carbocycles. The number of nitrogens with zero attached hydrogens (tertiary/aromatic N) is 2. The smallest absolute Gasteiger partial charge is 0.230 e. The lowest BCUT2D eigenvalue weighted by Gasteiger charge is -2.23. The lowest BCUT2D eigenvalue weighted by Crippen LogP contribution is -2.42. The third kappa shape index (κ3) is 1.65. The van der Waals surface area contributed by atoms with Gasteiger partial charge in [-0.15, -0.1) is 0 Å². The van der Waals surface area contributed by atoms with Crippen LogP contribution in [0.3, 0.4) is 0 Å². The van der Waals surface area contributed by atoms with Crippen molar-refractivity contribution in [3.63, 3.8) is 0 Å². The van der Waals surface area contributed by atoms with Gasteiger partial charge in [0, 0.05) is 19.1 Å². The molecular weight excluding hydrogens is 214 g/mol. The minimum atomic E-state index is -3.41.